The third-order valence-electron chi connectivity index (χ3n) is 5.66. The van der Waals surface area contributed by atoms with Crippen molar-refractivity contribution in [3.05, 3.63) is 100 Å². The zero-order valence-corrected chi connectivity index (χ0v) is 22.6. The molecule has 0 aliphatic rings. The van der Waals surface area contributed by atoms with Gasteiger partial charge in [-0.25, -0.2) is 5.43 Å². The lowest BCUT2D eigenvalue weighted by atomic mass is 10.1. The maximum atomic E-state index is 12.2. The zero-order valence-electron chi connectivity index (χ0n) is 21.8. The minimum Gasteiger partial charge on any atom is -0.490 e. The molecule has 0 heterocycles. The van der Waals surface area contributed by atoms with Crippen LogP contribution in [-0.4, -0.2) is 24.6 Å². The summed E-state index contributed by atoms with van der Waals surface area (Å²) in [5.41, 5.74) is 7.62. The number of hydrazone groups is 1. The minimum atomic E-state index is -0.529. The van der Waals surface area contributed by atoms with Crippen LogP contribution in [0.3, 0.4) is 0 Å². The first-order valence-electron chi connectivity index (χ1n) is 12.3. The lowest BCUT2D eigenvalue weighted by Gasteiger charge is -2.17. The molecule has 0 bridgehead atoms. The van der Waals surface area contributed by atoms with Crippen molar-refractivity contribution in [3.63, 3.8) is 0 Å². The fraction of sp³-hybridized carbons (Fsp3) is 0.233. The molecular weight excluding hydrogens is 502 g/mol. The van der Waals surface area contributed by atoms with Crippen molar-refractivity contribution in [3.8, 4) is 11.5 Å². The Morgan fingerprint density at radius 3 is 2.50 bits per heavy atom. The van der Waals surface area contributed by atoms with E-state index in [4.69, 9.17) is 21.1 Å². The van der Waals surface area contributed by atoms with Gasteiger partial charge in [-0.2, -0.15) is 5.10 Å². The van der Waals surface area contributed by atoms with E-state index in [0.717, 1.165) is 22.3 Å². The van der Waals surface area contributed by atoms with E-state index in [1.54, 1.807) is 18.2 Å². The molecule has 3 rings (SSSR count). The number of anilines is 1. The molecule has 0 fully saturated rings. The van der Waals surface area contributed by atoms with Crippen LogP contribution >= 0.6 is 11.6 Å². The molecule has 0 aliphatic heterocycles. The SMILES string of the molecule is C=CCc1cc(C=NNC(=O)CC(=O)Nc2ccc(C)c(C)c2)cc(OCC)c1OCc1ccccc1Cl. The van der Waals surface area contributed by atoms with E-state index >= 15 is 0 Å². The highest BCUT2D eigenvalue weighted by Gasteiger charge is 2.14. The van der Waals surface area contributed by atoms with E-state index in [1.165, 1.54) is 6.21 Å². The Labute approximate surface area is 228 Å². The minimum absolute atomic E-state index is 0.275. The first kappa shape index (κ1) is 28.5. The van der Waals surface area contributed by atoms with E-state index < -0.39 is 11.8 Å². The first-order valence-corrected chi connectivity index (χ1v) is 12.6. The molecule has 7 nitrogen and oxygen atoms in total. The molecule has 0 atom stereocenters. The van der Waals surface area contributed by atoms with Crippen molar-refractivity contribution in [2.24, 2.45) is 5.10 Å². The summed E-state index contributed by atoms with van der Waals surface area (Å²) in [6.45, 7) is 10.4. The third kappa shape index (κ3) is 8.21. The van der Waals surface area contributed by atoms with Gasteiger partial charge < -0.3 is 14.8 Å². The molecule has 198 valence electrons. The summed E-state index contributed by atoms with van der Waals surface area (Å²) in [6, 6.07) is 16.7. The summed E-state index contributed by atoms with van der Waals surface area (Å²) in [6.07, 6.45) is 3.44. The predicted octanol–water partition coefficient (Wildman–Crippen LogP) is 6.14. The number of carbonyl (C=O) groups excluding carboxylic acids is 2. The average molecular weight is 534 g/mol. The number of nitrogens with one attached hydrogen (secondary N) is 2. The van der Waals surface area contributed by atoms with E-state index in [1.807, 2.05) is 63.2 Å². The van der Waals surface area contributed by atoms with Gasteiger partial charge in [-0.05, 0) is 74.2 Å². The second-order valence-corrected chi connectivity index (χ2v) is 9.04. The Hall–Kier alpha value is -4.10. The normalized spacial score (nSPS) is 10.7. The number of amides is 2. The highest BCUT2D eigenvalue weighted by molar-refractivity contribution is 6.31. The average Bonchev–Trinajstić information content (AvgIpc) is 2.87. The highest BCUT2D eigenvalue weighted by atomic mass is 35.5. The van der Waals surface area contributed by atoms with Gasteiger partial charge >= 0.3 is 0 Å². The molecule has 3 aromatic rings. The molecule has 8 heteroatoms. The van der Waals surface area contributed by atoms with Gasteiger partial charge in [0, 0.05) is 21.8 Å². The molecule has 2 N–H and O–H groups in total. The summed E-state index contributed by atoms with van der Waals surface area (Å²) in [5.74, 6) is 0.182. The van der Waals surface area contributed by atoms with E-state index in [-0.39, 0.29) is 13.0 Å². The quantitative estimate of drug-likeness (QED) is 0.127. The Kier molecular flexibility index (Phi) is 10.5. The van der Waals surface area contributed by atoms with Crippen LogP contribution in [0, 0.1) is 13.8 Å². The van der Waals surface area contributed by atoms with Crippen LogP contribution in [0.5, 0.6) is 11.5 Å². The van der Waals surface area contributed by atoms with Crippen LogP contribution in [0.15, 0.2) is 72.4 Å². The number of ether oxygens (including phenoxy) is 2. The number of hydrogen-bond donors (Lipinski definition) is 2. The Balaban J connectivity index is 1.67. The van der Waals surface area contributed by atoms with Gasteiger partial charge in [0.1, 0.15) is 13.0 Å². The number of halogens is 1. The predicted molar refractivity (Wildman–Crippen MR) is 152 cm³/mol. The van der Waals surface area contributed by atoms with E-state index in [2.05, 4.69) is 22.4 Å². The summed E-state index contributed by atoms with van der Waals surface area (Å²) < 4.78 is 12.0. The fourth-order valence-electron chi connectivity index (χ4n) is 3.65. The Morgan fingerprint density at radius 2 is 1.79 bits per heavy atom. The molecular formula is C30H32ClN3O4. The first-order chi connectivity index (χ1) is 18.3. The van der Waals surface area contributed by atoms with Crippen molar-refractivity contribution in [2.45, 2.75) is 40.2 Å². The van der Waals surface area contributed by atoms with Crippen LogP contribution in [0.1, 0.15) is 41.2 Å². The fourth-order valence-corrected chi connectivity index (χ4v) is 3.84. The van der Waals surface area contributed by atoms with Crippen LogP contribution in [-0.2, 0) is 22.6 Å². The Morgan fingerprint density at radius 1 is 1.00 bits per heavy atom. The maximum Gasteiger partial charge on any atom is 0.249 e. The third-order valence-corrected chi connectivity index (χ3v) is 6.03. The lowest BCUT2D eigenvalue weighted by Crippen LogP contribution is -2.24. The van der Waals surface area contributed by atoms with Crippen LogP contribution in [0.25, 0.3) is 0 Å². The molecule has 3 aromatic carbocycles. The van der Waals surface area contributed by atoms with Gasteiger partial charge in [0.2, 0.25) is 11.8 Å². The largest absolute Gasteiger partial charge is 0.490 e. The lowest BCUT2D eigenvalue weighted by molar-refractivity contribution is -0.126. The highest BCUT2D eigenvalue weighted by Crippen LogP contribution is 2.34. The van der Waals surface area contributed by atoms with Crippen LogP contribution in [0.4, 0.5) is 5.69 Å². The number of rotatable bonds is 12. The van der Waals surface area contributed by atoms with E-state index in [0.29, 0.717) is 40.8 Å². The summed E-state index contributed by atoms with van der Waals surface area (Å²) in [5, 5.41) is 7.37. The molecule has 0 aromatic heterocycles. The molecule has 0 saturated carbocycles. The molecule has 0 radical (unpaired) electrons. The summed E-state index contributed by atoms with van der Waals surface area (Å²) in [4.78, 5) is 24.5. The molecule has 0 saturated heterocycles. The van der Waals surface area contributed by atoms with Crippen LogP contribution in [0.2, 0.25) is 5.02 Å². The van der Waals surface area contributed by atoms with Crippen molar-refractivity contribution in [1.82, 2.24) is 5.43 Å². The second-order valence-electron chi connectivity index (χ2n) is 8.63. The second kappa shape index (κ2) is 14.0. The van der Waals surface area contributed by atoms with Crippen molar-refractivity contribution >= 4 is 35.3 Å². The molecule has 0 spiro atoms. The Bertz CT molecular complexity index is 1340. The van der Waals surface area contributed by atoms with Gasteiger partial charge in [-0.3, -0.25) is 9.59 Å². The summed E-state index contributed by atoms with van der Waals surface area (Å²) >= 11 is 6.28. The summed E-state index contributed by atoms with van der Waals surface area (Å²) in [7, 11) is 0. The molecule has 0 aliphatic carbocycles. The molecule has 2 amide bonds. The van der Waals surface area contributed by atoms with Gasteiger partial charge in [0.15, 0.2) is 11.5 Å². The number of benzene rings is 3. The van der Waals surface area contributed by atoms with Crippen molar-refractivity contribution < 1.29 is 19.1 Å². The van der Waals surface area contributed by atoms with Crippen molar-refractivity contribution in [1.29, 1.82) is 0 Å². The number of allylic oxidation sites excluding steroid dienone is 1. The monoisotopic (exact) mass is 533 g/mol. The zero-order chi connectivity index (χ0) is 27.5. The number of aryl methyl sites for hydroxylation is 2. The van der Waals surface area contributed by atoms with Gasteiger partial charge in [0.25, 0.3) is 0 Å². The van der Waals surface area contributed by atoms with Gasteiger partial charge in [-0.1, -0.05) is 41.9 Å². The standard InChI is InChI=1S/C30H32ClN3O4/c1-5-9-23-15-22(16-27(37-6-2)30(23)38-19-24-10-7-8-11-26(24)31)18-32-34-29(36)17-28(35)33-25-13-12-20(3)21(4)14-25/h5,7-8,10-16,18H,1,6,9,17,19H2,2-4H3,(H,33,35)(H,34,36). The molecule has 0 unspecified atom stereocenters. The van der Waals surface area contributed by atoms with Crippen molar-refractivity contribution in [2.75, 3.05) is 11.9 Å². The van der Waals surface area contributed by atoms with Gasteiger partial charge in [0.05, 0.1) is 12.8 Å². The number of carbonyl (C=O) groups is 2. The van der Waals surface area contributed by atoms with Gasteiger partial charge in [-0.15, -0.1) is 6.58 Å². The number of hydrogen-bond acceptors (Lipinski definition) is 5. The topological polar surface area (TPSA) is 89.0 Å². The maximum absolute atomic E-state index is 12.2. The van der Waals surface area contributed by atoms with E-state index in [9.17, 15) is 9.59 Å². The smallest absolute Gasteiger partial charge is 0.249 e. The number of nitrogens with zero attached hydrogens (tertiary/aromatic N) is 1. The van der Waals surface area contributed by atoms with Crippen LogP contribution < -0.4 is 20.2 Å². The molecule has 38 heavy (non-hydrogen) atoms.